The first-order chi connectivity index (χ1) is 15.1. The van der Waals surface area contributed by atoms with Gasteiger partial charge in [-0.2, -0.15) is 4.98 Å². The molecule has 1 aromatic carbocycles. The van der Waals surface area contributed by atoms with Gasteiger partial charge in [0.2, 0.25) is 5.82 Å². The number of hydrogen-bond donors (Lipinski definition) is 0. The van der Waals surface area contributed by atoms with Gasteiger partial charge in [-0.05, 0) is 50.1 Å². The second-order valence-corrected chi connectivity index (χ2v) is 8.51. The van der Waals surface area contributed by atoms with Crippen molar-refractivity contribution in [3.63, 3.8) is 0 Å². The first kappa shape index (κ1) is 19.7. The van der Waals surface area contributed by atoms with Gasteiger partial charge < -0.3 is 23.8 Å². The lowest BCUT2D eigenvalue weighted by molar-refractivity contribution is 0.169. The number of aromatic nitrogens is 3. The number of nitrogens with zero attached hydrogens (tertiary/aromatic N) is 5. The minimum atomic E-state index is 0.271. The van der Waals surface area contributed by atoms with Crippen molar-refractivity contribution in [1.82, 2.24) is 15.1 Å². The lowest BCUT2D eigenvalue weighted by Gasteiger charge is -2.55. The number of ether oxygens (including phenoxy) is 2. The van der Waals surface area contributed by atoms with E-state index in [4.69, 9.17) is 14.0 Å². The molecule has 0 radical (unpaired) electrons. The summed E-state index contributed by atoms with van der Waals surface area (Å²) in [4.78, 5) is 13.6. The minimum Gasteiger partial charge on any atom is -0.493 e. The Kier molecular flexibility index (Phi) is 4.92. The Morgan fingerprint density at radius 3 is 2.58 bits per heavy atom. The molecule has 2 aromatic heterocycles. The zero-order valence-corrected chi connectivity index (χ0v) is 18.2. The fraction of sp³-hybridized carbons (Fsp3) is 0.435. The van der Waals surface area contributed by atoms with Crippen molar-refractivity contribution in [2.24, 2.45) is 5.41 Å². The summed E-state index contributed by atoms with van der Waals surface area (Å²) in [5, 5.41) is 4.21. The van der Waals surface area contributed by atoms with E-state index in [0.29, 0.717) is 23.3 Å². The second kappa shape index (κ2) is 7.76. The maximum atomic E-state index is 5.65. The van der Waals surface area contributed by atoms with Crippen LogP contribution in [-0.2, 0) is 0 Å². The molecule has 2 saturated heterocycles. The molecule has 8 nitrogen and oxygen atoms in total. The molecule has 162 valence electrons. The van der Waals surface area contributed by atoms with Crippen LogP contribution in [0.3, 0.4) is 0 Å². The number of hydrogen-bond acceptors (Lipinski definition) is 8. The van der Waals surface area contributed by atoms with Crippen LogP contribution in [0.5, 0.6) is 11.5 Å². The normalized spacial score (nSPS) is 17.5. The summed E-state index contributed by atoms with van der Waals surface area (Å²) in [6, 6.07) is 10.5. The van der Waals surface area contributed by atoms with Gasteiger partial charge >= 0.3 is 6.01 Å². The van der Waals surface area contributed by atoms with E-state index in [2.05, 4.69) is 37.1 Å². The Labute approximate surface area is 181 Å². The minimum absolute atomic E-state index is 0.271. The summed E-state index contributed by atoms with van der Waals surface area (Å²) in [5.74, 6) is 1.87. The van der Waals surface area contributed by atoms with Crippen molar-refractivity contribution < 1.29 is 14.0 Å². The van der Waals surface area contributed by atoms with E-state index >= 15 is 0 Å². The van der Waals surface area contributed by atoms with Gasteiger partial charge in [0.1, 0.15) is 0 Å². The lowest BCUT2D eigenvalue weighted by atomic mass is 9.73. The van der Waals surface area contributed by atoms with E-state index in [1.54, 1.807) is 14.2 Å². The molecule has 4 heterocycles. The highest BCUT2D eigenvalue weighted by Crippen LogP contribution is 2.42. The zero-order chi connectivity index (χ0) is 21.4. The van der Waals surface area contributed by atoms with E-state index in [1.807, 2.05) is 31.3 Å². The van der Waals surface area contributed by atoms with Crippen LogP contribution in [-0.4, -0.2) is 55.5 Å². The number of piperidine rings is 1. The van der Waals surface area contributed by atoms with Crippen LogP contribution in [0.2, 0.25) is 0 Å². The fourth-order valence-corrected chi connectivity index (χ4v) is 4.74. The zero-order valence-electron chi connectivity index (χ0n) is 18.2. The van der Waals surface area contributed by atoms with E-state index in [1.165, 1.54) is 12.1 Å². The SMILES string of the molecule is COc1ccc(-c2noc(N3CCCC4(CN(c5ccnc(C)c5)C4)C3)n2)cc1OC. The van der Waals surface area contributed by atoms with Crippen molar-refractivity contribution in [2.75, 3.05) is 50.2 Å². The highest BCUT2D eigenvalue weighted by Gasteiger charge is 2.46. The standard InChI is InChI=1S/C23H27N5O3/c1-16-11-18(7-9-24-16)28-14-23(15-28)8-4-10-27(13-23)22-25-21(26-31-22)17-5-6-19(29-2)20(12-17)30-3/h5-7,9,11-12H,4,8,10,13-15H2,1-3H3. The molecule has 8 heteroatoms. The first-order valence-electron chi connectivity index (χ1n) is 10.6. The summed E-state index contributed by atoms with van der Waals surface area (Å²) >= 11 is 0. The molecule has 1 spiro atoms. The predicted octanol–water partition coefficient (Wildman–Crippen LogP) is 3.56. The molecule has 0 unspecified atom stereocenters. The van der Waals surface area contributed by atoms with Gasteiger partial charge in [0, 0.05) is 54.7 Å². The highest BCUT2D eigenvalue weighted by atomic mass is 16.5. The Balaban J connectivity index is 1.29. The van der Waals surface area contributed by atoms with Crippen LogP contribution in [0.4, 0.5) is 11.7 Å². The average Bonchev–Trinajstić information content (AvgIpc) is 3.27. The largest absolute Gasteiger partial charge is 0.493 e. The van der Waals surface area contributed by atoms with Gasteiger partial charge in [0.15, 0.2) is 11.5 Å². The number of benzene rings is 1. The monoisotopic (exact) mass is 421 g/mol. The maximum absolute atomic E-state index is 5.65. The van der Waals surface area contributed by atoms with Gasteiger partial charge in [0.05, 0.1) is 14.2 Å². The smallest absolute Gasteiger partial charge is 0.324 e. The van der Waals surface area contributed by atoms with E-state index in [9.17, 15) is 0 Å². The maximum Gasteiger partial charge on any atom is 0.324 e. The molecule has 2 aliphatic heterocycles. The van der Waals surface area contributed by atoms with Gasteiger partial charge in [-0.1, -0.05) is 5.16 Å². The van der Waals surface area contributed by atoms with Crippen LogP contribution in [0.15, 0.2) is 41.1 Å². The Hall–Kier alpha value is -3.29. The summed E-state index contributed by atoms with van der Waals surface area (Å²) in [6.45, 7) is 5.99. The molecule has 2 aliphatic rings. The molecule has 0 aliphatic carbocycles. The fourth-order valence-electron chi connectivity index (χ4n) is 4.74. The van der Waals surface area contributed by atoms with Crippen molar-refractivity contribution in [3.8, 4) is 22.9 Å². The van der Waals surface area contributed by atoms with E-state index in [-0.39, 0.29) is 5.41 Å². The number of pyridine rings is 1. The first-order valence-corrected chi connectivity index (χ1v) is 10.6. The van der Waals surface area contributed by atoms with Gasteiger partial charge in [-0.25, -0.2) is 0 Å². The van der Waals surface area contributed by atoms with Crippen molar-refractivity contribution in [1.29, 1.82) is 0 Å². The average molecular weight is 422 g/mol. The molecular formula is C23H27N5O3. The number of anilines is 2. The quantitative estimate of drug-likeness (QED) is 0.619. The van der Waals surface area contributed by atoms with Crippen LogP contribution >= 0.6 is 0 Å². The van der Waals surface area contributed by atoms with Crippen molar-refractivity contribution in [2.45, 2.75) is 19.8 Å². The Morgan fingerprint density at radius 2 is 1.81 bits per heavy atom. The summed E-state index contributed by atoms with van der Waals surface area (Å²) < 4.78 is 16.4. The highest BCUT2D eigenvalue weighted by molar-refractivity contribution is 5.61. The second-order valence-electron chi connectivity index (χ2n) is 8.51. The number of aryl methyl sites for hydroxylation is 1. The molecule has 3 aromatic rings. The van der Waals surface area contributed by atoms with Crippen LogP contribution in [0.25, 0.3) is 11.4 Å². The third-order valence-corrected chi connectivity index (χ3v) is 6.29. The molecule has 0 amide bonds. The summed E-state index contributed by atoms with van der Waals surface area (Å²) in [6.07, 6.45) is 4.23. The summed E-state index contributed by atoms with van der Waals surface area (Å²) in [5.41, 5.74) is 3.41. The van der Waals surface area contributed by atoms with Gasteiger partial charge in [-0.3, -0.25) is 4.98 Å². The predicted molar refractivity (Wildman–Crippen MR) is 118 cm³/mol. The van der Waals surface area contributed by atoms with Gasteiger partial charge in [0.25, 0.3) is 0 Å². The Morgan fingerprint density at radius 1 is 1.00 bits per heavy atom. The molecule has 0 bridgehead atoms. The molecule has 0 saturated carbocycles. The summed E-state index contributed by atoms with van der Waals surface area (Å²) in [7, 11) is 3.24. The lowest BCUT2D eigenvalue weighted by Crippen LogP contribution is -2.63. The van der Waals surface area contributed by atoms with Crippen LogP contribution in [0.1, 0.15) is 18.5 Å². The molecular weight excluding hydrogens is 394 g/mol. The van der Waals surface area contributed by atoms with Gasteiger partial charge in [-0.15, -0.1) is 0 Å². The molecule has 0 N–H and O–H groups in total. The van der Waals surface area contributed by atoms with Crippen LogP contribution in [0, 0.1) is 12.3 Å². The van der Waals surface area contributed by atoms with E-state index < -0.39 is 0 Å². The number of methoxy groups -OCH3 is 2. The molecule has 31 heavy (non-hydrogen) atoms. The molecule has 2 fully saturated rings. The van der Waals surface area contributed by atoms with Crippen molar-refractivity contribution in [3.05, 3.63) is 42.2 Å². The number of rotatable bonds is 5. The van der Waals surface area contributed by atoms with Crippen molar-refractivity contribution >= 4 is 11.7 Å². The third-order valence-electron chi connectivity index (χ3n) is 6.29. The van der Waals surface area contributed by atoms with Crippen LogP contribution < -0.4 is 19.3 Å². The molecule has 0 atom stereocenters. The molecule has 5 rings (SSSR count). The topological polar surface area (TPSA) is 76.8 Å². The van der Waals surface area contributed by atoms with E-state index in [0.717, 1.165) is 43.9 Å². The third kappa shape index (κ3) is 3.66. The Bertz CT molecular complexity index is 1080.